The maximum Gasteiger partial charge on any atom is 0.0936 e. The predicted molar refractivity (Wildman–Crippen MR) is 68.2 cm³/mol. The van der Waals surface area contributed by atoms with Crippen LogP contribution in [0.25, 0.3) is 0 Å². The Morgan fingerprint density at radius 3 is 2.06 bits per heavy atom. The van der Waals surface area contributed by atoms with Gasteiger partial charge in [0.25, 0.3) is 0 Å². The van der Waals surface area contributed by atoms with E-state index in [1.54, 1.807) is 0 Å². The number of ether oxygens (including phenoxy) is 1. The maximum atomic E-state index is 10.8. The van der Waals surface area contributed by atoms with Gasteiger partial charge in [-0.05, 0) is 50.4 Å². The first-order valence-electron chi connectivity index (χ1n) is 7.26. The summed E-state index contributed by atoms with van der Waals surface area (Å²) >= 11 is 0. The van der Waals surface area contributed by atoms with Crippen LogP contribution >= 0.6 is 0 Å². The molecule has 0 aromatic rings. The second-order valence-electron chi connectivity index (χ2n) is 5.85. The largest absolute Gasteiger partial charge is 0.396 e. The van der Waals surface area contributed by atoms with Crippen molar-refractivity contribution in [1.82, 2.24) is 0 Å². The van der Waals surface area contributed by atoms with Gasteiger partial charge < -0.3 is 20.1 Å². The molecule has 0 saturated heterocycles. The van der Waals surface area contributed by atoms with Gasteiger partial charge in [0.1, 0.15) is 0 Å². The summed E-state index contributed by atoms with van der Waals surface area (Å²) in [4.78, 5) is 0. The first kappa shape index (κ1) is 14.3. The zero-order chi connectivity index (χ0) is 13.0. The van der Waals surface area contributed by atoms with Gasteiger partial charge in [-0.25, -0.2) is 0 Å². The third-order valence-corrected chi connectivity index (χ3v) is 4.84. The van der Waals surface area contributed by atoms with Gasteiger partial charge in [0.2, 0.25) is 0 Å². The zero-order valence-corrected chi connectivity index (χ0v) is 11.1. The van der Waals surface area contributed by atoms with E-state index < -0.39 is 5.60 Å². The van der Waals surface area contributed by atoms with Crippen molar-refractivity contribution in [3.8, 4) is 0 Å². The molecule has 0 amide bonds. The van der Waals surface area contributed by atoms with E-state index in [1.165, 1.54) is 6.42 Å². The Morgan fingerprint density at radius 2 is 1.56 bits per heavy atom. The molecule has 106 valence electrons. The average Bonchev–Trinajstić information content (AvgIpc) is 2.58. The molecule has 0 heterocycles. The molecule has 18 heavy (non-hydrogen) atoms. The third-order valence-electron chi connectivity index (χ3n) is 4.84. The van der Waals surface area contributed by atoms with Crippen LogP contribution in [-0.4, -0.2) is 46.8 Å². The first-order chi connectivity index (χ1) is 8.70. The molecule has 2 bridgehead atoms. The van der Waals surface area contributed by atoms with Gasteiger partial charge in [-0.1, -0.05) is 6.42 Å². The summed E-state index contributed by atoms with van der Waals surface area (Å²) in [5.74, 6) is 0.778. The lowest BCUT2D eigenvalue weighted by atomic mass is 9.75. The van der Waals surface area contributed by atoms with E-state index in [0.29, 0.717) is 31.3 Å². The highest BCUT2D eigenvalue weighted by Gasteiger charge is 2.50. The minimum atomic E-state index is -0.651. The van der Waals surface area contributed by atoms with Gasteiger partial charge in [0, 0.05) is 13.2 Å². The summed E-state index contributed by atoms with van der Waals surface area (Å²) in [6.45, 7) is 0.499. The SMILES string of the molecule is OCCC(CCO)OC[C@@]1(O)C2CCC[C@@H]1CC2. The lowest BCUT2D eigenvalue weighted by Crippen LogP contribution is -2.47. The van der Waals surface area contributed by atoms with Crippen molar-refractivity contribution >= 4 is 0 Å². The van der Waals surface area contributed by atoms with Crippen molar-refractivity contribution in [2.45, 2.75) is 56.7 Å². The summed E-state index contributed by atoms with van der Waals surface area (Å²) in [5, 5.41) is 28.7. The average molecular weight is 258 g/mol. The van der Waals surface area contributed by atoms with Gasteiger partial charge in [0.05, 0.1) is 18.3 Å². The van der Waals surface area contributed by atoms with E-state index in [-0.39, 0.29) is 19.3 Å². The molecule has 2 aliphatic rings. The summed E-state index contributed by atoms with van der Waals surface area (Å²) < 4.78 is 5.78. The number of hydrogen-bond donors (Lipinski definition) is 3. The third kappa shape index (κ3) is 2.87. The van der Waals surface area contributed by atoms with E-state index in [2.05, 4.69) is 0 Å². The maximum absolute atomic E-state index is 10.8. The fourth-order valence-electron chi connectivity index (χ4n) is 3.72. The molecule has 0 spiro atoms. The van der Waals surface area contributed by atoms with Crippen molar-refractivity contribution < 1.29 is 20.1 Å². The molecule has 2 rings (SSSR count). The standard InChI is InChI=1S/C14H26O4/c15-8-6-13(7-9-16)18-10-14(17)11-2-1-3-12(14)5-4-11/h11-13,15-17H,1-10H2/t11-,12?,14+/m1/s1. The van der Waals surface area contributed by atoms with Crippen molar-refractivity contribution in [3.63, 3.8) is 0 Å². The van der Waals surface area contributed by atoms with E-state index in [4.69, 9.17) is 14.9 Å². The molecule has 3 N–H and O–H groups in total. The summed E-state index contributed by atoms with van der Waals surface area (Å²) in [6, 6.07) is 0. The van der Waals surface area contributed by atoms with Crippen LogP contribution in [0.3, 0.4) is 0 Å². The van der Waals surface area contributed by atoms with Crippen LogP contribution in [0.15, 0.2) is 0 Å². The molecular formula is C14H26O4. The van der Waals surface area contributed by atoms with E-state index in [9.17, 15) is 5.11 Å². The molecule has 4 nitrogen and oxygen atoms in total. The quantitative estimate of drug-likeness (QED) is 0.639. The number of hydrogen-bond acceptors (Lipinski definition) is 4. The number of aliphatic hydroxyl groups excluding tert-OH is 2. The second kappa shape index (κ2) is 6.33. The van der Waals surface area contributed by atoms with E-state index >= 15 is 0 Å². The second-order valence-corrected chi connectivity index (χ2v) is 5.85. The monoisotopic (exact) mass is 258 g/mol. The Kier molecular flexibility index (Phi) is 5.01. The fourth-order valence-corrected chi connectivity index (χ4v) is 3.72. The highest BCUT2D eigenvalue weighted by molar-refractivity contribution is 5.01. The van der Waals surface area contributed by atoms with Gasteiger partial charge in [-0.15, -0.1) is 0 Å². The smallest absolute Gasteiger partial charge is 0.0936 e. The topological polar surface area (TPSA) is 69.9 Å². The van der Waals surface area contributed by atoms with Crippen molar-refractivity contribution in [2.75, 3.05) is 19.8 Å². The predicted octanol–water partition coefficient (Wildman–Crippen LogP) is 1.08. The van der Waals surface area contributed by atoms with Crippen LogP contribution in [0.2, 0.25) is 0 Å². The van der Waals surface area contributed by atoms with Crippen LogP contribution in [-0.2, 0) is 4.74 Å². The van der Waals surface area contributed by atoms with Gasteiger partial charge in [-0.3, -0.25) is 0 Å². The molecular weight excluding hydrogens is 232 g/mol. The first-order valence-corrected chi connectivity index (χ1v) is 7.26. The molecule has 3 atom stereocenters. The van der Waals surface area contributed by atoms with Crippen LogP contribution in [0.5, 0.6) is 0 Å². The summed E-state index contributed by atoms with van der Waals surface area (Å²) in [6.07, 6.45) is 6.63. The van der Waals surface area contributed by atoms with Crippen LogP contribution < -0.4 is 0 Å². The minimum absolute atomic E-state index is 0.0654. The number of aliphatic hydroxyl groups is 3. The van der Waals surface area contributed by atoms with Gasteiger partial charge in [-0.2, -0.15) is 0 Å². The normalized spacial score (nSPS) is 35.3. The van der Waals surface area contributed by atoms with Crippen molar-refractivity contribution in [1.29, 1.82) is 0 Å². The Labute approximate surface area is 109 Å². The Balaban J connectivity index is 1.87. The molecule has 0 aromatic heterocycles. The Hall–Kier alpha value is -0.160. The van der Waals surface area contributed by atoms with E-state index in [1.807, 2.05) is 0 Å². The minimum Gasteiger partial charge on any atom is -0.396 e. The molecule has 2 fully saturated rings. The highest BCUT2D eigenvalue weighted by Crippen LogP contribution is 2.49. The zero-order valence-electron chi connectivity index (χ0n) is 11.1. The van der Waals surface area contributed by atoms with Crippen molar-refractivity contribution in [2.24, 2.45) is 11.8 Å². The summed E-state index contributed by atoms with van der Waals surface area (Å²) in [7, 11) is 0. The molecule has 2 saturated carbocycles. The lowest BCUT2D eigenvalue weighted by Gasteiger charge is -2.40. The molecule has 0 aliphatic heterocycles. The molecule has 2 aliphatic carbocycles. The molecule has 4 heteroatoms. The Morgan fingerprint density at radius 1 is 1.00 bits per heavy atom. The fraction of sp³-hybridized carbons (Fsp3) is 1.00. The highest BCUT2D eigenvalue weighted by atomic mass is 16.5. The number of fused-ring (bicyclic) bond motifs is 2. The molecule has 0 aromatic carbocycles. The van der Waals surface area contributed by atoms with Gasteiger partial charge in [0.15, 0.2) is 0 Å². The van der Waals surface area contributed by atoms with Crippen molar-refractivity contribution in [3.05, 3.63) is 0 Å². The molecule has 1 unspecified atom stereocenters. The van der Waals surface area contributed by atoms with E-state index in [0.717, 1.165) is 25.7 Å². The Bertz CT molecular complexity index is 234. The van der Waals surface area contributed by atoms with Crippen LogP contribution in [0.1, 0.15) is 44.9 Å². The number of rotatable bonds is 7. The summed E-state index contributed by atoms with van der Waals surface area (Å²) in [5.41, 5.74) is -0.651. The molecule has 0 radical (unpaired) electrons. The van der Waals surface area contributed by atoms with Crippen LogP contribution in [0.4, 0.5) is 0 Å². The van der Waals surface area contributed by atoms with Crippen LogP contribution in [0, 0.1) is 11.8 Å². The lowest BCUT2D eigenvalue weighted by molar-refractivity contribution is -0.134. The van der Waals surface area contributed by atoms with Gasteiger partial charge >= 0.3 is 0 Å².